The van der Waals surface area contributed by atoms with E-state index in [1.54, 1.807) is 7.11 Å². The normalized spacial score (nSPS) is 11.9. The molecule has 2 aromatic rings. The fraction of sp³-hybridized carbons (Fsp3) is 0.250. The van der Waals surface area contributed by atoms with Crippen molar-refractivity contribution in [3.8, 4) is 16.9 Å². The molecule has 0 amide bonds. The van der Waals surface area contributed by atoms with Gasteiger partial charge in [0.25, 0.3) is 0 Å². The van der Waals surface area contributed by atoms with Gasteiger partial charge >= 0.3 is 0 Å². The highest BCUT2D eigenvalue weighted by atomic mass is 35.5. The predicted molar refractivity (Wildman–Crippen MR) is 83.6 cm³/mol. The number of alkyl halides is 1. The molecule has 3 nitrogen and oxygen atoms in total. The van der Waals surface area contributed by atoms with Crippen molar-refractivity contribution in [3.63, 3.8) is 0 Å². The summed E-state index contributed by atoms with van der Waals surface area (Å²) in [5, 5.41) is 12.6. The Morgan fingerprint density at radius 1 is 1.20 bits per heavy atom. The highest BCUT2D eigenvalue weighted by molar-refractivity contribution is 6.18. The first kappa shape index (κ1) is 14.7. The van der Waals surface area contributed by atoms with E-state index in [0.29, 0.717) is 6.54 Å². The smallest absolute Gasteiger partial charge is 0.126 e. The van der Waals surface area contributed by atoms with Crippen LogP contribution in [0.5, 0.6) is 5.75 Å². The minimum atomic E-state index is -0.549. The molecule has 0 saturated heterocycles. The Bertz CT molecular complexity index is 560. The van der Waals surface area contributed by atoms with Gasteiger partial charge in [-0.25, -0.2) is 0 Å². The lowest BCUT2D eigenvalue weighted by Gasteiger charge is -2.12. The van der Waals surface area contributed by atoms with Crippen molar-refractivity contribution >= 4 is 17.3 Å². The van der Waals surface area contributed by atoms with E-state index in [4.69, 9.17) is 16.3 Å². The highest BCUT2D eigenvalue weighted by Gasteiger charge is 2.06. The Labute approximate surface area is 124 Å². The third kappa shape index (κ3) is 3.65. The van der Waals surface area contributed by atoms with Crippen LogP contribution in [0.1, 0.15) is 0 Å². The average molecular weight is 292 g/mol. The van der Waals surface area contributed by atoms with Gasteiger partial charge in [0.15, 0.2) is 0 Å². The fourth-order valence-electron chi connectivity index (χ4n) is 1.97. The lowest BCUT2D eigenvalue weighted by atomic mass is 10.0. The Morgan fingerprint density at radius 3 is 2.75 bits per heavy atom. The van der Waals surface area contributed by atoms with Crippen LogP contribution in [0.15, 0.2) is 48.5 Å². The van der Waals surface area contributed by atoms with E-state index in [1.165, 1.54) is 0 Å². The number of rotatable bonds is 6. The number of aliphatic hydroxyl groups excluding tert-OH is 1. The fourth-order valence-corrected chi connectivity index (χ4v) is 2.08. The summed E-state index contributed by atoms with van der Waals surface area (Å²) in [6.45, 7) is 0.429. The molecule has 1 unspecified atom stereocenters. The lowest BCUT2D eigenvalue weighted by molar-refractivity contribution is 0.211. The van der Waals surface area contributed by atoms with Crippen LogP contribution in [-0.4, -0.2) is 30.7 Å². The Kier molecular flexibility index (Phi) is 5.27. The Morgan fingerprint density at radius 2 is 2.00 bits per heavy atom. The van der Waals surface area contributed by atoms with Crippen LogP contribution in [0.3, 0.4) is 0 Å². The zero-order valence-corrected chi connectivity index (χ0v) is 12.1. The summed E-state index contributed by atoms with van der Waals surface area (Å²) in [7, 11) is 1.66. The Hall–Kier alpha value is -1.71. The number of anilines is 1. The van der Waals surface area contributed by atoms with Crippen LogP contribution >= 0.6 is 11.6 Å². The summed E-state index contributed by atoms with van der Waals surface area (Å²) in [5.41, 5.74) is 3.04. The van der Waals surface area contributed by atoms with Crippen molar-refractivity contribution in [1.29, 1.82) is 0 Å². The average Bonchev–Trinajstić information content (AvgIpc) is 2.52. The summed E-state index contributed by atoms with van der Waals surface area (Å²) >= 11 is 5.58. The number of ether oxygens (including phenoxy) is 1. The summed E-state index contributed by atoms with van der Waals surface area (Å²) in [4.78, 5) is 0. The van der Waals surface area contributed by atoms with Gasteiger partial charge in [0, 0.05) is 17.8 Å². The monoisotopic (exact) mass is 291 g/mol. The summed E-state index contributed by atoms with van der Waals surface area (Å²) in [5.74, 6) is 1.06. The molecule has 0 fully saturated rings. The molecule has 0 radical (unpaired) electrons. The molecule has 106 valence electrons. The predicted octanol–water partition coefficient (Wildman–Crippen LogP) is 3.37. The van der Waals surface area contributed by atoms with Gasteiger partial charge in [0.2, 0.25) is 0 Å². The molecule has 0 saturated carbocycles. The third-order valence-electron chi connectivity index (χ3n) is 3.00. The number of methoxy groups -OCH3 is 1. The van der Waals surface area contributed by atoms with Crippen LogP contribution in [-0.2, 0) is 0 Å². The molecule has 0 aromatic heterocycles. The SMILES string of the molecule is COc1ccccc1-c1cccc(NCC(O)CCl)c1. The quantitative estimate of drug-likeness (QED) is 0.802. The first-order valence-corrected chi connectivity index (χ1v) is 6.99. The summed E-state index contributed by atoms with van der Waals surface area (Å²) in [6, 6.07) is 15.9. The number of nitrogens with one attached hydrogen (secondary N) is 1. The number of para-hydroxylation sites is 1. The maximum atomic E-state index is 9.47. The van der Waals surface area contributed by atoms with Crippen LogP contribution in [0.2, 0.25) is 0 Å². The van der Waals surface area contributed by atoms with Gasteiger partial charge < -0.3 is 15.2 Å². The first-order chi connectivity index (χ1) is 9.74. The molecule has 2 N–H and O–H groups in total. The molecule has 0 spiro atoms. The van der Waals surface area contributed by atoms with Crippen LogP contribution in [0, 0.1) is 0 Å². The molecule has 0 aliphatic heterocycles. The second-order valence-corrected chi connectivity index (χ2v) is 4.78. The van der Waals surface area contributed by atoms with Gasteiger partial charge in [-0.3, -0.25) is 0 Å². The van der Waals surface area contributed by atoms with Crippen molar-refractivity contribution in [2.75, 3.05) is 24.9 Å². The van der Waals surface area contributed by atoms with Crippen LogP contribution in [0.4, 0.5) is 5.69 Å². The minimum absolute atomic E-state index is 0.221. The molecular formula is C16H18ClNO2. The zero-order valence-electron chi connectivity index (χ0n) is 11.3. The summed E-state index contributed by atoms with van der Waals surface area (Å²) in [6.07, 6.45) is -0.549. The molecule has 0 aliphatic carbocycles. The maximum Gasteiger partial charge on any atom is 0.126 e. The van der Waals surface area contributed by atoms with Crippen molar-refractivity contribution in [2.45, 2.75) is 6.10 Å². The van der Waals surface area contributed by atoms with Crippen LogP contribution in [0.25, 0.3) is 11.1 Å². The molecule has 1 atom stereocenters. The maximum absolute atomic E-state index is 9.47. The largest absolute Gasteiger partial charge is 0.496 e. The van der Waals surface area contributed by atoms with Gasteiger partial charge in [-0.2, -0.15) is 0 Å². The van der Waals surface area contributed by atoms with Crippen LogP contribution < -0.4 is 10.1 Å². The lowest BCUT2D eigenvalue weighted by Crippen LogP contribution is -2.20. The molecule has 2 aromatic carbocycles. The molecule has 20 heavy (non-hydrogen) atoms. The van der Waals surface area contributed by atoms with E-state index >= 15 is 0 Å². The summed E-state index contributed by atoms with van der Waals surface area (Å²) < 4.78 is 5.38. The Balaban J connectivity index is 2.21. The van der Waals surface area contributed by atoms with E-state index in [9.17, 15) is 5.11 Å². The van der Waals surface area contributed by atoms with Gasteiger partial charge in [-0.15, -0.1) is 11.6 Å². The number of hydrogen-bond acceptors (Lipinski definition) is 3. The minimum Gasteiger partial charge on any atom is -0.496 e. The van der Waals surface area contributed by atoms with Crippen molar-refractivity contribution in [3.05, 3.63) is 48.5 Å². The van der Waals surface area contributed by atoms with E-state index < -0.39 is 6.10 Å². The second kappa shape index (κ2) is 7.17. The van der Waals surface area contributed by atoms with E-state index in [0.717, 1.165) is 22.6 Å². The molecule has 4 heteroatoms. The molecule has 2 rings (SSSR count). The molecular weight excluding hydrogens is 274 g/mol. The number of benzene rings is 2. The van der Waals surface area contributed by atoms with Crippen molar-refractivity contribution in [2.24, 2.45) is 0 Å². The number of halogens is 1. The van der Waals surface area contributed by atoms with Crippen molar-refractivity contribution in [1.82, 2.24) is 0 Å². The third-order valence-corrected chi connectivity index (χ3v) is 3.36. The van der Waals surface area contributed by atoms with E-state index in [2.05, 4.69) is 5.32 Å². The van der Waals surface area contributed by atoms with Gasteiger partial charge in [-0.05, 0) is 23.8 Å². The topological polar surface area (TPSA) is 41.5 Å². The number of hydrogen-bond donors (Lipinski definition) is 2. The highest BCUT2D eigenvalue weighted by Crippen LogP contribution is 2.30. The molecule has 0 bridgehead atoms. The second-order valence-electron chi connectivity index (χ2n) is 4.47. The van der Waals surface area contributed by atoms with Gasteiger partial charge in [0.05, 0.1) is 19.1 Å². The van der Waals surface area contributed by atoms with E-state index in [1.807, 2.05) is 48.5 Å². The standard InChI is InChI=1S/C16H18ClNO2/c1-20-16-8-3-2-7-15(16)12-5-4-6-13(9-12)18-11-14(19)10-17/h2-9,14,18-19H,10-11H2,1H3. The van der Waals surface area contributed by atoms with Gasteiger partial charge in [0.1, 0.15) is 5.75 Å². The van der Waals surface area contributed by atoms with E-state index in [-0.39, 0.29) is 5.88 Å². The van der Waals surface area contributed by atoms with Gasteiger partial charge in [-0.1, -0.05) is 30.3 Å². The first-order valence-electron chi connectivity index (χ1n) is 6.46. The number of aliphatic hydroxyl groups is 1. The van der Waals surface area contributed by atoms with Crippen molar-refractivity contribution < 1.29 is 9.84 Å². The molecule has 0 aliphatic rings. The molecule has 0 heterocycles. The zero-order chi connectivity index (χ0) is 14.4.